The largest absolute Gasteiger partial charge is 0.793 e. The Balaban J connectivity index is 0.000000196. The van der Waals surface area contributed by atoms with Crippen LogP contribution in [0.25, 0.3) is 0 Å². The number of benzene rings is 2. The first-order chi connectivity index (χ1) is 11.8. The Bertz CT molecular complexity index is 820. The smallest absolute Gasteiger partial charge is 0.411 e. The van der Waals surface area contributed by atoms with Crippen LogP contribution in [0.15, 0.2) is 66.7 Å². The fraction of sp³-hybridized carbons (Fsp3) is 0.111. The van der Waals surface area contributed by atoms with E-state index in [0.29, 0.717) is 16.6 Å². The van der Waals surface area contributed by atoms with Crippen molar-refractivity contribution in [2.45, 2.75) is 13.8 Å². The van der Waals surface area contributed by atoms with E-state index in [4.69, 9.17) is 11.6 Å². The van der Waals surface area contributed by atoms with Crippen LogP contribution in [-0.4, -0.2) is 4.98 Å². The third-order valence-corrected chi connectivity index (χ3v) is 5.48. The van der Waals surface area contributed by atoms with Gasteiger partial charge in [0.2, 0.25) is 0 Å². The predicted octanol–water partition coefficient (Wildman–Crippen LogP) is 0.558. The van der Waals surface area contributed by atoms with Crippen molar-refractivity contribution < 1.29 is 14.1 Å². The highest BCUT2D eigenvalue weighted by Gasteiger charge is 2.12. The Labute approximate surface area is 147 Å². The van der Waals surface area contributed by atoms with Crippen LogP contribution >= 0.6 is 7.37 Å². The zero-order valence-electron chi connectivity index (χ0n) is 14.2. The highest BCUT2D eigenvalue weighted by Crippen LogP contribution is 2.32. The summed E-state index contributed by atoms with van der Waals surface area (Å²) >= 11 is 0. The number of hydrogen-bond donors (Lipinski definition) is 2. The van der Waals surface area contributed by atoms with Crippen LogP contribution in [0.2, 0.25) is 0 Å². The normalized spacial score (nSPS) is 10.7. The Morgan fingerprint density at radius 2 is 1.40 bits per heavy atom. The van der Waals surface area contributed by atoms with Gasteiger partial charge in [0, 0.05) is 16.7 Å². The molecule has 0 amide bonds. The van der Waals surface area contributed by atoms with Gasteiger partial charge in [-0.3, -0.25) is 11.6 Å². The van der Waals surface area contributed by atoms with Crippen molar-refractivity contribution in [1.82, 2.24) is 4.98 Å². The topological polar surface area (TPSA) is 109 Å². The van der Waals surface area contributed by atoms with Crippen LogP contribution in [-0.2, 0) is 4.57 Å². The van der Waals surface area contributed by atoms with E-state index in [1.165, 1.54) is 4.68 Å². The molecule has 2 aromatic carbocycles. The van der Waals surface area contributed by atoms with Gasteiger partial charge in [-0.05, 0) is 13.8 Å². The van der Waals surface area contributed by atoms with E-state index in [2.05, 4.69) is 4.98 Å². The molecule has 0 fully saturated rings. The molecule has 0 spiro atoms. The minimum Gasteiger partial charge on any atom is -0.793 e. The van der Waals surface area contributed by atoms with Crippen molar-refractivity contribution >= 4 is 23.9 Å². The third kappa shape index (κ3) is 4.66. The van der Waals surface area contributed by atoms with E-state index < -0.39 is 7.37 Å². The predicted molar refractivity (Wildman–Crippen MR) is 98.2 cm³/mol. The molecule has 3 aromatic rings. The number of hydrogen-bond acceptors (Lipinski definition) is 5. The summed E-state index contributed by atoms with van der Waals surface area (Å²) in [6.07, 6.45) is 0. The molecule has 7 heteroatoms. The molecule has 0 saturated carbocycles. The number of aromatic nitrogens is 2. The average molecular weight is 356 g/mol. The second-order valence-corrected chi connectivity index (χ2v) is 7.63. The van der Waals surface area contributed by atoms with Crippen molar-refractivity contribution in [3.8, 4) is 0 Å². The standard InChI is InChI=1S/C12H11O2P.C6H10N4/c13-15(14,11-7-3-1-4-8-11)12-9-5-2-6-10-12;1-4-3-5(2)10(8)6(7)9-4/h1-10H,(H,13,14);3,7H,8H2,1-2H3. The molecule has 0 unspecified atom stereocenters. The second-order valence-electron chi connectivity index (χ2n) is 5.49. The van der Waals surface area contributed by atoms with E-state index >= 15 is 0 Å². The molecule has 3 rings (SSSR count). The summed E-state index contributed by atoms with van der Waals surface area (Å²) in [5.41, 5.74) is 7.24. The zero-order valence-corrected chi connectivity index (χ0v) is 15.1. The number of rotatable bonds is 2. The lowest BCUT2D eigenvalue weighted by Gasteiger charge is -2.23. The van der Waals surface area contributed by atoms with Crippen molar-refractivity contribution in [1.29, 1.82) is 0 Å². The van der Waals surface area contributed by atoms with Gasteiger partial charge in [0.1, 0.15) is 11.4 Å². The highest BCUT2D eigenvalue weighted by atomic mass is 31.2. The molecule has 0 saturated heterocycles. The van der Waals surface area contributed by atoms with Crippen LogP contribution in [0.3, 0.4) is 0 Å². The van der Waals surface area contributed by atoms with Crippen molar-refractivity contribution in [3.63, 3.8) is 0 Å². The minimum atomic E-state index is -3.65. The zero-order chi connectivity index (χ0) is 18.4. The summed E-state index contributed by atoms with van der Waals surface area (Å²) in [4.78, 5) is 16.0. The van der Waals surface area contributed by atoms with Gasteiger partial charge >= 0.3 is 5.95 Å². The van der Waals surface area contributed by atoms with Gasteiger partial charge in [0.25, 0.3) is 0 Å². The maximum atomic E-state index is 12.1. The molecule has 25 heavy (non-hydrogen) atoms. The third-order valence-electron chi connectivity index (χ3n) is 3.53. The molecular formula is C18H21N4O2P. The number of anilines is 1. The first kappa shape index (κ1) is 18.6. The van der Waals surface area contributed by atoms with Crippen molar-refractivity contribution in [3.05, 3.63) is 78.1 Å². The quantitative estimate of drug-likeness (QED) is 0.396. The molecule has 4 N–H and O–H groups in total. The molecule has 1 aromatic heterocycles. The fourth-order valence-electron chi connectivity index (χ4n) is 2.22. The molecule has 130 valence electrons. The highest BCUT2D eigenvalue weighted by molar-refractivity contribution is 7.72. The molecule has 1 heterocycles. The van der Waals surface area contributed by atoms with E-state index in [1.54, 1.807) is 60.7 Å². The lowest BCUT2D eigenvalue weighted by molar-refractivity contribution is -0.633. The Morgan fingerprint density at radius 1 is 0.960 bits per heavy atom. The minimum absolute atomic E-state index is 0.345. The summed E-state index contributed by atoms with van der Waals surface area (Å²) in [5, 5.41) is 0.715. The number of aryl methyl sites for hydroxylation is 2. The van der Waals surface area contributed by atoms with Crippen LogP contribution in [0, 0.1) is 13.8 Å². The Hall–Kier alpha value is -2.69. The molecular weight excluding hydrogens is 335 g/mol. The summed E-state index contributed by atoms with van der Waals surface area (Å²) in [6.45, 7) is 3.76. The van der Waals surface area contributed by atoms with Crippen LogP contribution in [0.1, 0.15) is 11.4 Å². The van der Waals surface area contributed by atoms with Gasteiger partial charge < -0.3 is 9.46 Å². The first-order valence-corrected chi connectivity index (χ1v) is 9.28. The van der Waals surface area contributed by atoms with E-state index in [9.17, 15) is 9.46 Å². The molecule has 0 aliphatic rings. The average Bonchev–Trinajstić information content (AvgIpc) is 2.61. The summed E-state index contributed by atoms with van der Waals surface area (Å²) < 4.78 is 13.4. The lowest BCUT2D eigenvalue weighted by atomic mass is 10.3. The molecule has 0 radical (unpaired) electrons. The van der Waals surface area contributed by atoms with Crippen LogP contribution in [0.4, 0.5) is 5.95 Å². The van der Waals surface area contributed by atoms with Gasteiger partial charge in [0.15, 0.2) is 0 Å². The molecule has 0 aliphatic heterocycles. The van der Waals surface area contributed by atoms with Gasteiger partial charge in [-0.2, -0.15) is 0 Å². The fourth-order valence-corrected chi connectivity index (χ4v) is 3.64. The number of nitrogen functional groups attached to an aromatic ring is 2. The van der Waals surface area contributed by atoms with Gasteiger partial charge in [-0.1, -0.05) is 65.6 Å². The maximum Gasteiger partial charge on any atom is 0.411 e. The SMILES string of the molecule is Cc1cc(C)[n+](N)c(N)n1.O=P([O-])(c1ccccc1)c1ccccc1. The van der Waals surface area contributed by atoms with E-state index in [-0.39, 0.29) is 0 Å². The summed E-state index contributed by atoms with van der Waals surface area (Å²) in [6, 6.07) is 18.8. The van der Waals surface area contributed by atoms with Gasteiger partial charge in [-0.25, -0.2) is 0 Å². The molecule has 0 atom stereocenters. The summed E-state index contributed by atoms with van der Waals surface area (Å²) in [7, 11) is -3.65. The van der Waals surface area contributed by atoms with E-state index in [0.717, 1.165) is 11.4 Å². The summed E-state index contributed by atoms with van der Waals surface area (Å²) in [5.74, 6) is 5.82. The monoisotopic (exact) mass is 356 g/mol. The van der Waals surface area contributed by atoms with Gasteiger partial charge in [-0.15, -0.1) is 4.68 Å². The molecule has 0 aliphatic carbocycles. The first-order valence-electron chi connectivity index (χ1n) is 7.65. The molecule has 0 bridgehead atoms. The van der Waals surface area contributed by atoms with Crippen LogP contribution < -0.4 is 31.8 Å². The van der Waals surface area contributed by atoms with Crippen molar-refractivity contribution in [2.75, 3.05) is 11.6 Å². The maximum absolute atomic E-state index is 12.1. The Kier molecular flexibility index (Phi) is 5.91. The Morgan fingerprint density at radius 3 is 1.80 bits per heavy atom. The van der Waals surface area contributed by atoms with Crippen LogP contribution in [0.5, 0.6) is 0 Å². The van der Waals surface area contributed by atoms with Crippen molar-refractivity contribution in [2.24, 2.45) is 0 Å². The van der Waals surface area contributed by atoms with Gasteiger partial charge in [0.05, 0.1) is 7.37 Å². The van der Waals surface area contributed by atoms with E-state index in [1.807, 2.05) is 19.9 Å². The number of nitrogens with two attached hydrogens (primary N) is 2. The second kappa shape index (κ2) is 7.92. The molecule has 6 nitrogen and oxygen atoms in total. The lowest BCUT2D eigenvalue weighted by Crippen LogP contribution is -2.50. The number of nitrogens with zero attached hydrogens (tertiary/aromatic N) is 2.